The summed E-state index contributed by atoms with van der Waals surface area (Å²) in [6.45, 7) is 0. The fourth-order valence-electron chi connectivity index (χ4n) is 2.11. The standard InChI is InChI=1S/C16H10FNO2/c17-14(11-6-2-1-3-7-11)10-18-15(19)12-8-4-5-9-13(12)16(18)20/h1-10H/b14-10-. The Bertz CT molecular complexity index is 687. The molecule has 98 valence electrons. The van der Waals surface area contributed by atoms with Crippen LogP contribution in [-0.4, -0.2) is 16.7 Å². The molecule has 4 heteroatoms. The fourth-order valence-corrected chi connectivity index (χ4v) is 2.11. The number of hydrogen-bond acceptors (Lipinski definition) is 2. The highest BCUT2D eigenvalue weighted by molar-refractivity contribution is 6.22. The summed E-state index contributed by atoms with van der Waals surface area (Å²) in [6.07, 6.45) is 0.944. The number of carbonyl (C=O) groups is 2. The molecule has 0 spiro atoms. The van der Waals surface area contributed by atoms with E-state index in [-0.39, 0.29) is 0 Å². The highest BCUT2D eigenvalue weighted by atomic mass is 19.1. The zero-order valence-corrected chi connectivity index (χ0v) is 10.4. The lowest BCUT2D eigenvalue weighted by Crippen LogP contribution is -2.23. The molecule has 2 aromatic rings. The Morgan fingerprint density at radius 2 is 1.35 bits per heavy atom. The minimum Gasteiger partial charge on any atom is -0.268 e. The average molecular weight is 267 g/mol. The molecule has 0 fully saturated rings. The van der Waals surface area contributed by atoms with Gasteiger partial charge in [0.2, 0.25) is 0 Å². The van der Waals surface area contributed by atoms with E-state index < -0.39 is 17.6 Å². The molecule has 0 atom stereocenters. The molecule has 3 nitrogen and oxygen atoms in total. The third kappa shape index (κ3) is 1.91. The molecule has 0 radical (unpaired) electrons. The van der Waals surface area contributed by atoms with Gasteiger partial charge in [0.05, 0.1) is 17.3 Å². The number of rotatable bonds is 2. The van der Waals surface area contributed by atoms with Crippen molar-refractivity contribution in [2.24, 2.45) is 0 Å². The van der Waals surface area contributed by atoms with Gasteiger partial charge in [0.15, 0.2) is 0 Å². The Kier molecular flexibility index (Phi) is 2.91. The Labute approximate surface area is 115 Å². The first-order chi connectivity index (χ1) is 9.68. The van der Waals surface area contributed by atoms with Crippen LogP contribution >= 0.6 is 0 Å². The molecule has 20 heavy (non-hydrogen) atoms. The first-order valence-corrected chi connectivity index (χ1v) is 6.08. The van der Waals surface area contributed by atoms with Crippen LogP contribution in [0.4, 0.5) is 4.39 Å². The fraction of sp³-hybridized carbons (Fsp3) is 0. The number of benzene rings is 2. The molecule has 1 aliphatic rings. The number of fused-ring (bicyclic) bond motifs is 1. The maximum Gasteiger partial charge on any atom is 0.265 e. The first-order valence-electron chi connectivity index (χ1n) is 6.08. The lowest BCUT2D eigenvalue weighted by atomic mass is 10.1. The first kappa shape index (κ1) is 12.3. The van der Waals surface area contributed by atoms with Crippen LogP contribution in [0, 0.1) is 0 Å². The smallest absolute Gasteiger partial charge is 0.265 e. The zero-order chi connectivity index (χ0) is 14.1. The molecular weight excluding hydrogens is 257 g/mol. The van der Waals surface area contributed by atoms with Crippen molar-refractivity contribution in [1.29, 1.82) is 0 Å². The maximum atomic E-state index is 14.1. The van der Waals surface area contributed by atoms with Crippen LogP contribution in [0.2, 0.25) is 0 Å². The van der Waals surface area contributed by atoms with E-state index in [9.17, 15) is 14.0 Å². The SMILES string of the molecule is O=C1c2ccccc2C(=O)N1/C=C(\F)c1ccccc1. The summed E-state index contributed by atoms with van der Waals surface area (Å²) in [7, 11) is 0. The van der Waals surface area contributed by atoms with Gasteiger partial charge in [0, 0.05) is 5.56 Å². The average Bonchev–Trinajstić information content (AvgIpc) is 2.74. The Hall–Kier alpha value is -2.75. The monoisotopic (exact) mass is 267 g/mol. The molecule has 2 aromatic carbocycles. The molecular formula is C16H10FNO2. The molecule has 3 rings (SSSR count). The Balaban J connectivity index is 1.98. The molecule has 0 saturated carbocycles. The third-order valence-electron chi connectivity index (χ3n) is 3.12. The van der Waals surface area contributed by atoms with Gasteiger partial charge < -0.3 is 0 Å². The number of carbonyl (C=O) groups excluding carboxylic acids is 2. The van der Waals surface area contributed by atoms with E-state index in [1.165, 1.54) is 0 Å². The maximum absolute atomic E-state index is 14.1. The molecule has 0 unspecified atom stereocenters. The molecule has 0 saturated heterocycles. The number of nitrogens with zero attached hydrogens (tertiary/aromatic N) is 1. The predicted molar refractivity (Wildman–Crippen MR) is 72.5 cm³/mol. The van der Waals surface area contributed by atoms with Crippen molar-refractivity contribution in [1.82, 2.24) is 4.90 Å². The van der Waals surface area contributed by atoms with E-state index in [1.807, 2.05) is 0 Å². The van der Waals surface area contributed by atoms with Gasteiger partial charge in [0.25, 0.3) is 11.8 Å². The van der Waals surface area contributed by atoms with Crippen LogP contribution < -0.4 is 0 Å². The second-order valence-corrected chi connectivity index (χ2v) is 4.37. The normalized spacial score (nSPS) is 14.7. The van der Waals surface area contributed by atoms with Gasteiger partial charge >= 0.3 is 0 Å². The van der Waals surface area contributed by atoms with Crippen LogP contribution in [0.5, 0.6) is 0 Å². The van der Waals surface area contributed by atoms with Gasteiger partial charge in [-0.3, -0.25) is 9.59 Å². The number of hydrogen-bond donors (Lipinski definition) is 0. The van der Waals surface area contributed by atoms with Crippen molar-refractivity contribution in [3.63, 3.8) is 0 Å². The van der Waals surface area contributed by atoms with Gasteiger partial charge in [-0.05, 0) is 12.1 Å². The lowest BCUT2D eigenvalue weighted by molar-refractivity contribution is 0.0721. The quantitative estimate of drug-likeness (QED) is 0.783. The lowest BCUT2D eigenvalue weighted by Gasteiger charge is -2.08. The van der Waals surface area contributed by atoms with Crippen molar-refractivity contribution >= 4 is 17.6 Å². The summed E-state index contributed by atoms with van der Waals surface area (Å²) < 4.78 is 14.1. The zero-order valence-electron chi connectivity index (χ0n) is 10.4. The van der Waals surface area contributed by atoms with E-state index in [0.29, 0.717) is 16.7 Å². The second kappa shape index (κ2) is 4.74. The molecule has 0 aliphatic carbocycles. The van der Waals surface area contributed by atoms with Gasteiger partial charge in [-0.1, -0.05) is 42.5 Å². The predicted octanol–water partition coefficient (Wildman–Crippen LogP) is 3.25. The molecule has 1 heterocycles. The Morgan fingerprint density at radius 1 is 0.850 bits per heavy atom. The van der Waals surface area contributed by atoms with Crippen molar-refractivity contribution in [2.75, 3.05) is 0 Å². The summed E-state index contributed by atoms with van der Waals surface area (Å²) in [6, 6.07) is 14.7. The van der Waals surface area contributed by atoms with Crippen LogP contribution in [0.1, 0.15) is 26.3 Å². The molecule has 0 N–H and O–H groups in total. The van der Waals surface area contributed by atoms with Gasteiger partial charge in [-0.25, -0.2) is 9.29 Å². The summed E-state index contributed by atoms with van der Waals surface area (Å²) in [4.78, 5) is 24.9. The third-order valence-corrected chi connectivity index (χ3v) is 3.12. The summed E-state index contributed by atoms with van der Waals surface area (Å²) in [5.74, 6) is -1.63. The summed E-state index contributed by atoms with van der Waals surface area (Å²) >= 11 is 0. The van der Waals surface area contributed by atoms with Crippen molar-refractivity contribution in [3.8, 4) is 0 Å². The van der Waals surface area contributed by atoms with Crippen LogP contribution in [0.15, 0.2) is 60.8 Å². The van der Waals surface area contributed by atoms with E-state index >= 15 is 0 Å². The van der Waals surface area contributed by atoms with Crippen molar-refractivity contribution in [2.45, 2.75) is 0 Å². The largest absolute Gasteiger partial charge is 0.268 e. The van der Waals surface area contributed by atoms with E-state index in [4.69, 9.17) is 0 Å². The minimum atomic E-state index is -0.625. The topological polar surface area (TPSA) is 37.4 Å². The van der Waals surface area contributed by atoms with Gasteiger partial charge in [-0.15, -0.1) is 0 Å². The molecule has 2 amide bonds. The molecule has 1 aliphatic heterocycles. The summed E-state index contributed by atoms with van der Waals surface area (Å²) in [5.41, 5.74) is 0.924. The number of imide groups is 1. The van der Waals surface area contributed by atoms with E-state index in [2.05, 4.69) is 0 Å². The van der Waals surface area contributed by atoms with Crippen LogP contribution in [-0.2, 0) is 0 Å². The highest BCUT2D eigenvalue weighted by Gasteiger charge is 2.34. The second-order valence-electron chi connectivity index (χ2n) is 4.37. The van der Waals surface area contributed by atoms with E-state index in [0.717, 1.165) is 11.1 Å². The molecule has 0 aromatic heterocycles. The van der Waals surface area contributed by atoms with E-state index in [1.54, 1.807) is 54.6 Å². The van der Waals surface area contributed by atoms with Crippen LogP contribution in [0.3, 0.4) is 0 Å². The minimum absolute atomic E-state index is 0.301. The number of amides is 2. The highest BCUT2D eigenvalue weighted by Crippen LogP contribution is 2.25. The number of halogens is 1. The van der Waals surface area contributed by atoms with Gasteiger partial charge in [-0.2, -0.15) is 0 Å². The van der Waals surface area contributed by atoms with Gasteiger partial charge in [0.1, 0.15) is 5.83 Å². The summed E-state index contributed by atoms with van der Waals surface area (Å²) in [5, 5.41) is 0. The van der Waals surface area contributed by atoms with Crippen molar-refractivity contribution in [3.05, 3.63) is 77.5 Å². The molecule has 0 bridgehead atoms. The van der Waals surface area contributed by atoms with Crippen LogP contribution in [0.25, 0.3) is 5.83 Å². The van der Waals surface area contributed by atoms with Crippen molar-refractivity contribution < 1.29 is 14.0 Å². The Morgan fingerprint density at radius 3 is 1.90 bits per heavy atom.